The maximum atomic E-state index is 13.4. The van der Waals surface area contributed by atoms with Crippen LogP contribution in [-0.2, 0) is 14.8 Å². The lowest BCUT2D eigenvalue weighted by atomic mass is 9.78. The van der Waals surface area contributed by atoms with Gasteiger partial charge < -0.3 is 9.80 Å². The molecular weight excluding hydrogens is 486 g/mol. The molecule has 3 heterocycles. The molecule has 1 N–H and O–H groups in total. The number of fused-ring (bicyclic) bond motifs is 1. The van der Waals surface area contributed by atoms with Crippen molar-refractivity contribution in [2.24, 2.45) is 16.8 Å². The zero-order chi connectivity index (χ0) is 26.8. The molecule has 0 spiro atoms. The van der Waals surface area contributed by atoms with Gasteiger partial charge in [0, 0.05) is 24.7 Å². The van der Waals surface area contributed by atoms with Crippen molar-refractivity contribution < 1.29 is 13.2 Å². The van der Waals surface area contributed by atoms with Crippen molar-refractivity contribution >= 4 is 28.5 Å². The molecule has 2 aliphatic heterocycles. The van der Waals surface area contributed by atoms with Crippen molar-refractivity contribution in [2.75, 3.05) is 18.0 Å². The summed E-state index contributed by atoms with van der Waals surface area (Å²) >= 11 is 0. The number of nitrogens with zero attached hydrogens (tertiary/aromatic N) is 4. The fourth-order valence-electron chi connectivity index (χ4n) is 6.55. The van der Waals surface area contributed by atoms with Gasteiger partial charge in [0.15, 0.2) is 5.03 Å². The van der Waals surface area contributed by atoms with Crippen molar-refractivity contribution in [1.82, 2.24) is 14.6 Å². The molecule has 2 saturated heterocycles. The van der Waals surface area contributed by atoms with E-state index in [2.05, 4.69) is 47.1 Å². The number of aromatic nitrogens is 1. The van der Waals surface area contributed by atoms with Gasteiger partial charge in [0.2, 0.25) is 0 Å². The van der Waals surface area contributed by atoms with Crippen LogP contribution in [0.4, 0.5) is 5.82 Å². The first-order chi connectivity index (χ1) is 17.6. The SMILES string of the molecule is C=N/C(=C(\C=C/C)C(=O)NS(=O)(=O)c1cccc(N2CCCC3CCCCC32)n1)N1CC(C)CC1(C)C. The molecule has 0 bridgehead atoms. The van der Waals surface area contributed by atoms with Gasteiger partial charge in [0.1, 0.15) is 11.6 Å². The van der Waals surface area contributed by atoms with Crippen LogP contribution in [0.2, 0.25) is 0 Å². The number of hydrogen-bond donors (Lipinski definition) is 1. The number of carbonyl (C=O) groups excluding carboxylic acids is 1. The van der Waals surface area contributed by atoms with Gasteiger partial charge in [-0.15, -0.1) is 0 Å². The Morgan fingerprint density at radius 3 is 2.62 bits per heavy atom. The average Bonchev–Trinajstić information content (AvgIpc) is 3.14. The highest BCUT2D eigenvalue weighted by Gasteiger charge is 2.39. The number of hydrogen-bond acceptors (Lipinski definition) is 7. The lowest BCUT2D eigenvalue weighted by molar-refractivity contribution is -0.115. The van der Waals surface area contributed by atoms with E-state index in [-0.39, 0.29) is 16.1 Å². The average molecular weight is 528 g/mol. The molecular formula is C28H41N5O3S. The summed E-state index contributed by atoms with van der Waals surface area (Å²) in [4.78, 5) is 26.4. The number of likely N-dealkylation sites (tertiary alicyclic amines) is 1. The maximum absolute atomic E-state index is 13.4. The molecule has 0 radical (unpaired) electrons. The lowest BCUT2D eigenvalue weighted by Gasteiger charge is -2.44. The van der Waals surface area contributed by atoms with E-state index in [0.717, 1.165) is 25.8 Å². The Bertz CT molecular complexity index is 1190. The van der Waals surface area contributed by atoms with Crippen LogP contribution in [0.25, 0.3) is 0 Å². The van der Waals surface area contributed by atoms with Crippen LogP contribution < -0.4 is 9.62 Å². The molecule has 1 aromatic rings. The Morgan fingerprint density at radius 1 is 1.22 bits per heavy atom. The van der Waals surface area contributed by atoms with Gasteiger partial charge in [-0.3, -0.25) is 4.79 Å². The van der Waals surface area contributed by atoms with Gasteiger partial charge in [-0.1, -0.05) is 31.9 Å². The summed E-state index contributed by atoms with van der Waals surface area (Å²) in [6, 6.07) is 5.43. The number of amides is 1. The van der Waals surface area contributed by atoms with E-state index in [9.17, 15) is 13.2 Å². The van der Waals surface area contributed by atoms with Crippen molar-refractivity contribution in [1.29, 1.82) is 0 Å². The Morgan fingerprint density at radius 2 is 1.95 bits per heavy atom. The molecule has 202 valence electrons. The summed E-state index contributed by atoms with van der Waals surface area (Å²) in [7, 11) is -4.20. The summed E-state index contributed by atoms with van der Waals surface area (Å²) in [5.41, 5.74) is -0.0658. The van der Waals surface area contributed by atoms with Crippen LogP contribution in [0.3, 0.4) is 0 Å². The van der Waals surface area contributed by atoms with Gasteiger partial charge in [-0.25, -0.2) is 14.7 Å². The second kappa shape index (κ2) is 11.0. The number of sulfonamides is 1. The second-order valence-electron chi connectivity index (χ2n) is 11.3. The van der Waals surface area contributed by atoms with Gasteiger partial charge in [0.05, 0.1) is 5.57 Å². The van der Waals surface area contributed by atoms with Crippen LogP contribution in [0.1, 0.15) is 72.6 Å². The zero-order valence-electron chi connectivity index (χ0n) is 22.6. The van der Waals surface area contributed by atoms with E-state index < -0.39 is 15.9 Å². The van der Waals surface area contributed by atoms with E-state index in [1.54, 1.807) is 25.1 Å². The fraction of sp³-hybridized carbons (Fsp3) is 0.607. The summed E-state index contributed by atoms with van der Waals surface area (Å²) in [5, 5.41) is -0.153. The monoisotopic (exact) mass is 527 g/mol. The van der Waals surface area contributed by atoms with Crippen LogP contribution >= 0.6 is 0 Å². The number of carbonyl (C=O) groups is 1. The van der Waals surface area contributed by atoms with Gasteiger partial charge in [-0.05, 0) is 89.6 Å². The third-order valence-electron chi connectivity index (χ3n) is 8.05. The number of nitrogens with one attached hydrogen (secondary N) is 1. The van der Waals surface area contributed by atoms with Gasteiger partial charge in [-0.2, -0.15) is 8.42 Å². The first kappa shape index (κ1) is 27.4. The fourth-order valence-corrected chi connectivity index (χ4v) is 7.48. The lowest BCUT2D eigenvalue weighted by Crippen LogP contribution is -2.47. The minimum atomic E-state index is -4.20. The molecule has 3 atom stereocenters. The molecule has 1 aliphatic carbocycles. The van der Waals surface area contributed by atoms with E-state index in [4.69, 9.17) is 0 Å². The Hall–Kier alpha value is -2.68. The second-order valence-corrected chi connectivity index (χ2v) is 13.0. The maximum Gasteiger partial charge on any atom is 0.281 e. The minimum absolute atomic E-state index is 0.153. The van der Waals surface area contributed by atoms with Crippen LogP contribution in [0.15, 0.2) is 51.8 Å². The summed E-state index contributed by atoms with van der Waals surface area (Å²) in [6.07, 6.45) is 11.3. The predicted molar refractivity (Wildman–Crippen MR) is 148 cm³/mol. The molecule has 1 amide bonds. The highest BCUT2D eigenvalue weighted by Crippen LogP contribution is 2.38. The quantitative estimate of drug-likeness (QED) is 0.315. The summed E-state index contributed by atoms with van der Waals surface area (Å²) in [6.45, 7) is 13.4. The van der Waals surface area contributed by atoms with E-state index >= 15 is 0 Å². The van der Waals surface area contributed by atoms with E-state index in [1.165, 1.54) is 31.7 Å². The topological polar surface area (TPSA) is 95.0 Å². The normalized spacial score (nSPS) is 26.5. The van der Waals surface area contributed by atoms with Crippen molar-refractivity contribution in [3.05, 3.63) is 41.7 Å². The molecule has 1 saturated carbocycles. The highest BCUT2D eigenvalue weighted by molar-refractivity contribution is 7.90. The van der Waals surface area contributed by atoms with Crippen molar-refractivity contribution in [3.63, 3.8) is 0 Å². The van der Waals surface area contributed by atoms with Crippen molar-refractivity contribution in [2.45, 2.75) is 89.2 Å². The Kier molecular flexibility index (Phi) is 8.11. The number of aliphatic imine (C=N–C) groups is 1. The number of anilines is 1. The molecule has 4 rings (SSSR count). The smallest absolute Gasteiger partial charge is 0.281 e. The molecule has 37 heavy (non-hydrogen) atoms. The molecule has 0 aromatic carbocycles. The molecule has 3 fully saturated rings. The van der Waals surface area contributed by atoms with E-state index in [0.29, 0.717) is 36.1 Å². The predicted octanol–water partition coefficient (Wildman–Crippen LogP) is 4.65. The Labute approximate surface area is 222 Å². The van der Waals surface area contributed by atoms with Gasteiger partial charge in [0.25, 0.3) is 15.9 Å². The molecule has 8 nitrogen and oxygen atoms in total. The van der Waals surface area contributed by atoms with Crippen LogP contribution in [0.5, 0.6) is 0 Å². The molecule has 3 aliphatic rings. The number of rotatable bonds is 7. The summed E-state index contributed by atoms with van der Waals surface area (Å²) < 4.78 is 29.0. The van der Waals surface area contributed by atoms with Crippen LogP contribution in [-0.4, -0.2) is 55.6 Å². The zero-order valence-corrected chi connectivity index (χ0v) is 23.4. The number of pyridine rings is 1. The largest absolute Gasteiger partial charge is 0.353 e. The third kappa shape index (κ3) is 5.76. The summed E-state index contributed by atoms with van der Waals surface area (Å²) in [5.74, 6) is 1.36. The standard InChI is InChI=1S/C28H41N5O3S/c1-6-11-22(26(29-5)33-19-20(2)18-28(33,3)4)27(34)31-37(35,36)25-16-9-15-24(30-25)32-17-10-13-21-12-7-8-14-23(21)32/h6,9,11,15-16,20-21,23H,5,7-8,10,12-14,17-19H2,1-4H3,(H,31,34)/b11-6-,26-22-. The van der Waals surface area contributed by atoms with Crippen molar-refractivity contribution in [3.8, 4) is 0 Å². The highest BCUT2D eigenvalue weighted by atomic mass is 32.2. The van der Waals surface area contributed by atoms with Gasteiger partial charge >= 0.3 is 0 Å². The first-order valence-electron chi connectivity index (χ1n) is 13.5. The third-order valence-corrected chi connectivity index (χ3v) is 9.28. The van der Waals surface area contributed by atoms with E-state index in [1.807, 2.05) is 11.0 Å². The van der Waals surface area contributed by atoms with Crippen LogP contribution in [0, 0.1) is 11.8 Å². The molecule has 3 unspecified atom stereocenters. The minimum Gasteiger partial charge on any atom is -0.353 e. The number of allylic oxidation sites excluding steroid dienone is 1. The number of piperidine rings is 1. The Balaban J connectivity index is 1.61. The molecule has 9 heteroatoms. The first-order valence-corrected chi connectivity index (χ1v) is 15.0. The molecule has 1 aromatic heterocycles.